The van der Waals surface area contributed by atoms with Gasteiger partial charge in [0.05, 0.1) is 28.8 Å². The van der Waals surface area contributed by atoms with Gasteiger partial charge in [-0.15, -0.1) is 11.3 Å². The smallest absolute Gasteiger partial charge is 0.254 e. The van der Waals surface area contributed by atoms with Gasteiger partial charge in [-0.1, -0.05) is 37.0 Å². The SMILES string of the molecule is CCN(CC)CCCC(C)NC(=O)Cc1csc(NC(=O)CN(CCOC)C(=O)c2ccc(Cl)c(Cl)c2)n1. The van der Waals surface area contributed by atoms with Crippen molar-refractivity contribution in [1.29, 1.82) is 0 Å². The van der Waals surface area contributed by atoms with Crippen molar-refractivity contribution in [1.82, 2.24) is 20.1 Å². The molecule has 2 N–H and O–H groups in total. The molecular weight excluding hydrogens is 549 g/mol. The van der Waals surface area contributed by atoms with Gasteiger partial charge in [0.1, 0.15) is 6.54 Å². The molecule has 9 nitrogen and oxygen atoms in total. The Balaban J connectivity index is 1.87. The van der Waals surface area contributed by atoms with E-state index in [0.717, 1.165) is 32.5 Å². The lowest BCUT2D eigenvalue weighted by molar-refractivity contribution is -0.121. The van der Waals surface area contributed by atoms with Crippen molar-refractivity contribution < 1.29 is 19.1 Å². The Morgan fingerprint density at radius 2 is 1.84 bits per heavy atom. The number of aromatic nitrogens is 1. The Kier molecular flexibility index (Phi) is 14.0. The van der Waals surface area contributed by atoms with Crippen molar-refractivity contribution in [2.45, 2.75) is 46.1 Å². The third-order valence-electron chi connectivity index (χ3n) is 5.91. The molecule has 38 heavy (non-hydrogen) atoms. The highest BCUT2D eigenvalue weighted by atomic mass is 35.5. The summed E-state index contributed by atoms with van der Waals surface area (Å²) < 4.78 is 5.09. The Hall–Kier alpha value is -2.24. The van der Waals surface area contributed by atoms with Gasteiger partial charge in [-0.05, 0) is 57.6 Å². The second-order valence-corrected chi connectivity index (χ2v) is 10.5. The Morgan fingerprint density at radius 3 is 2.50 bits per heavy atom. The van der Waals surface area contributed by atoms with E-state index in [1.807, 2.05) is 6.92 Å². The molecule has 210 valence electrons. The first-order chi connectivity index (χ1) is 18.2. The number of anilines is 1. The van der Waals surface area contributed by atoms with Gasteiger partial charge >= 0.3 is 0 Å². The highest BCUT2D eigenvalue weighted by Crippen LogP contribution is 2.23. The summed E-state index contributed by atoms with van der Waals surface area (Å²) in [4.78, 5) is 46.2. The van der Waals surface area contributed by atoms with Gasteiger partial charge < -0.3 is 25.2 Å². The number of carbonyl (C=O) groups is 3. The van der Waals surface area contributed by atoms with E-state index < -0.39 is 5.91 Å². The average molecular weight is 587 g/mol. The molecule has 0 aliphatic heterocycles. The predicted molar refractivity (Wildman–Crippen MR) is 153 cm³/mol. The lowest BCUT2D eigenvalue weighted by Crippen LogP contribution is -2.40. The van der Waals surface area contributed by atoms with Crippen LogP contribution in [0.5, 0.6) is 0 Å². The molecule has 0 radical (unpaired) electrons. The summed E-state index contributed by atoms with van der Waals surface area (Å²) >= 11 is 13.2. The monoisotopic (exact) mass is 585 g/mol. The fourth-order valence-electron chi connectivity index (χ4n) is 3.77. The van der Waals surface area contributed by atoms with Crippen LogP contribution in [0.25, 0.3) is 0 Å². The molecule has 1 atom stereocenters. The largest absolute Gasteiger partial charge is 0.383 e. The van der Waals surface area contributed by atoms with Gasteiger partial charge in [0, 0.05) is 30.6 Å². The first kappa shape index (κ1) is 32.0. The van der Waals surface area contributed by atoms with Crippen LogP contribution in [0.15, 0.2) is 23.6 Å². The maximum atomic E-state index is 13.0. The van der Waals surface area contributed by atoms with Gasteiger partial charge in [0.15, 0.2) is 5.13 Å². The van der Waals surface area contributed by atoms with Gasteiger partial charge in [0.25, 0.3) is 5.91 Å². The summed E-state index contributed by atoms with van der Waals surface area (Å²) in [7, 11) is 1.52. The van der Waals surface area contributed by atoms with Crippen molar-refractivity contribution >= 4 is 57.4 Å². The molecule has 12 heteroatoms. The van der Waals surface area contributed by atoms with Crippen LogP contribution in [0.3, 0.4) is 0 Å². The van der Waals surface area contributed by atoms with E-state index >= 15 is 0 Å². The minimum atomic E-state index is -0.415. The fraction of sp³-hybridized carbons (Fsp3) is 0.538. The zero-order valence-electron chi connectivity index (χ0n) is 22.4. The standard InChI is InChI=1S/C26H37Cl2N5O4S/c1-5-32(6-2)11-7-8-18(3)29-23(34)15-20-17-38-26(30-20)31-24(35)16-33(12-13-37-4)25(36)19-9-10-21(27)22(28)14-19/h9-10,14,17-18H,5-8,11-13,15-16H2,1-4H3,(H,29,34)(H,30,31,35). The number of carbonyl (C=O) groups excluding carboxylic acids is 3. The highest BCUT2D eigenvalue weighted by Gasteiger charge is 2.20. The minimum absolute atomic E-state index is 0.0713. The summed E-state index contributed by atoms with van der Waals surface area (Å²) in [6.45, 7) is 9.62. The third kappa shape index (κ3) is 10.9. The number of methoxy groups -OCH3 is 1. The summed E-state index contributed by atoms with van der Waals surface area (Å²) in [5.74, 6) is -0.901. The van der Waals surface area contributed by atoms with Gasteiger partial charge in [-0.3, -0.25) is 14.4 Å². The van der Waals surface area contributed by atoms with Crippen LogP contribution in [0.1, 0.15) is 49.7 Å². The third-order valence-corrected chi connectivity index (χ3v) is 7.45. The molecule has 3 amide bonds. The van der Waals surface area contributed by atoms with Crippen LogP contribution in [0, 0.1) is 0 Å². The van der Waals surface area contributed by atoms with Gasteiger partial charge in [-0.2, -0.15) is 0 Å². The second kappa shape index (κ2) is 16.7. The number of thiazole rings is 1. The van der Waals surface area contributed by atoms with E-state index in [4.69, 9.17) is 27.9 Å². The maximum Gasteiger partial charge on any atom is 0.254 e. The quantitative estimate of drug-likeness (QED) is 0.303. The normalized spacial score (nSPS) is 11.9. The lowest BCUT2D eigenvalue weighted by Gasteiger charge is -2.22. The number of nitrogens with zero attached hydrogens (tertiary/aromatic N) is 3. The lowest BCUT2D eigenvalue weighted by atomic mass is 10.1. The molecule has 0 saturated carbocycles. The maximum absolute atomic E-state index is 13.0. The minimum Gasteiger partial charge on any atom is -0.383 e. The van der Waals surface area contributed by atoms with Gasteiger partial charge in [0.2, 0.25) is 11.8 Å². The van der Waals surface area contributed by atoms with E-state index in [9.17, 15) is 14.4 Å². The molecule has 1 heterocycles. The van der Waals surface area contributed by atoms with Crippen LogP contribution in [0.2, 0.25) is 10.0 Å². The van der Waals surface area contributed by atoms with E-state index in [0.29, 0.717) is 21.4 Å². The van der Waals surface area contributed by atoms with Crippen molar-refractivity contribution in [3.63, 3.8) is 0 Å². The van der Waals surface area contributed by atoms with Crippen LogP contribution in [-0.2, 0) is 20.7 Å². The Morgan fingerprint density at radius 1 is 1.11 bits per heavy atom. The summed E-state index contributed by atoms with van der Waals surface area (Å²) in [5.41, 5.74) is 0.884. The first-order valence-electron chi connectivity index (χ1n) is 12.7. The average Bonchev–Trinajstić information content (AvgIpc) is 3.31. The molecule has 0 spiro atoms. The van der Waals surface area contributed by atoms with E-state index in [1.54, 1.807) is 11.4 Å². The number of halogens is 2. The zero-order chi connectivity index (χ0) is 28.1. The number of amides is 3. The van der Waals surface area contributed by atoms with Crippen molar-refractivity contribution in [3.8, 4) is 0 Å². The molecule has 1 aromatic carbocycles. The zero-order valence-corrected chi connectivity index (χ0v) is 24.7. The molecule has 0 bridgehead atoms. The Bertz CT molecular complexity index is 1060. The van der Waals surface area contributed by atoms with E-state index in [1.165, 1.54) is 35.5 Å². The molecule has 1 unspecified atom stereocenters. The predicted octanol–water partition coefficient (Wildman–Crippen LogP) is 4.35. The fourth-order valence-corrected chi connectivity index (χ4v) is 4.79. The van der Waals surface area contributed by atoms with E-state index in [-0.39, 0.29) is 49.0 Å². The highest BCUT2D eigenvalue weighted by molar-refractivity contribution is 7.13. The summed E-state index contributed by atoms with van der Waals surface area (Å²) in [6.07, 6.45) is 2.05. The molecule has 0 aliphatic rings. The first-order valence-corrected chi connectivity index (χ1v) is 14.3. The number of hydrogen-bond acceptors (Lipinski definition) is 7. The van der Waals surface area contributed by atoms with Crippen LogP contribution < -0.4 is 10.6 Å². The molecule has 0 aliphatic carbocycles. The van der Waals surface area contributed by atoms with Crippen molar-refractivity contribution in [2.24, 2.45) is 0 Å². The second-order valence-electron chi connectivity index (χ2n) is 8.86. The summed E-state index contributed by atoms with van der Waals surface area (Å²) in [6, 6.07) is 4.63. The molecule has 0 fully saturated rings. The van der Waals surface area contributed by atoms with Crippen LogP contribution >= 0.6 is 34.5 Å². The number of nitrogens with one attached hydrogen (secondary N) is 2. The van der Waals surface area contributed by atoms with Crippen LogP contribution in [-0.4, -0.2) is 85.0 Å². The van der Waals surface area contributed by atoms with Crippen LogP contribution in [0.4, 0.5) is 5.13 Å². The number of hydrogen-bond donors (Lipinski definition) is 2. The molecule has 0 saturated heterocycles. The Labute approximate surface area is 238 Å². The van der Waals surface area contributed by atoms with Gasteiger partial charge in [-0.25, -0.2) is 4.98 Å². The number of ether oxygens (including phenoxy) is 1. The van der Waals surface area contributed by atoms with Crippen molar-refractivity contribution in [2.75, 3.05) is 51.8 Å². The van der Waals surface area contributed by atoms with Crippen molar-refractivity contribution in [3.05, 3.63) is 44.9 Å². The number of rotatable bonds is 16. The molecule has 2 aromatic rings. The summed E-state index contributed by atoms with van der Waals surface area (Å²) in [5, 5.41) is 8.41. The van der Waals surface area contributed by atoms with E-state index in [2.05, 4.69) is 34.4 Å². The molecular formula is C26H37Cl2N5O4S. The molecule has 1 aromatic heterocycles. The molecule has 2 rings (SSSR count). The number of benzene rings is 1. The topological polar surface area (TPSA) is 104 Å².